The minimum Gasteiger partial charge on any atom is -0.414 e. The van der Waals surface area contributed by atoms with Gasteiger partial charge in [0.2, 0.25) is 0 Å². The van der Waals surface area contributed by atoms with Crippen molar-refractivity contribution in [2.45, 2.75) is 31.2 Å². The highest BCUT2D eigenvalue weighted by Crippen LogP contribution is 2.40. The highest BCUT2D eigenvalue weighted by molar-refractivity contribution is 7.16. The third-order valence-electron chi connectivity index (χ3n) is 3.39. The van der Waals surface area contributed by atoms with Crippen LogP contribution in [-0.2, 0) is 5.54 Å². The molecule has 2 aromatic rings. The molecule has 1 saturated carbocycles. The van der Waals surface area contributed by atoms with Gasteiger partial charge in [-0.15, -0.1) is 0 Å². The summed E-state index contributed by atoms with van der Waals surface area (Å²) in [4.78, 5) is 11.0. The van der Waals surface area contributed by atoms with E-state index in [2.05, 4.69) is 0 Å². The summed E-state index contributed by atoms with van der Waals surface area (Å²) in [5.74, 6) is 0. The second-order valence-corrected chi connectivity index (χ2v) is 5.40. The van der Waals surface area contributed by atoms with Crippen molar-refractivity contribution in [1.29, 1.82) is 0 Å². The molecule has 1 aromatic carbocycles. The van der Waals surface area contributed by atoms with Crippen molar-refractivity contribution in [1.82, 2.24) is 0 Å². The van der Waals surface area contributed by atoms with Gasteiger partial charge < -0.3 is 10.2 Å². The molecule has 0 unspecified atom stereocenters. The average molecular weight is 235 g/mol. The van der Waals surface area contributed by atoms with E-state index >= 15 is 0 Å². The van der Waals surface area contributed by atoms with Gasteiger partial charge in [0.1, 0.15) is 5.58 Å². The zero-order valence-corrected chi connectivity index (χ0v) is 9.68. The zero-order chi connectivity index (χ0) is 11.2. The van der Waals surface area contributed by atoms with Crippen LogP contribution in [0.2, 0.25) is 0 Å². The van der Waals surface area contributed by atoms with Crippen molar-refractivity contribution in [2.75, 3.05) is 0 Å². The normalized spacial score (nSPS) is 19.3. The second-order valence-electron chi connectivity index (χ2n) is 4.45. The fraction of sp³-hybridized carbons (Fsp3) is 0.417. The van der Waals surface area contributed by atoms with E-state index in [1.165, 1.54) is 12.8 Å². The Kier molecular flexibility index (Phi) is 2.16. The van der Waals surface area contributed by atoms with Crippen LogP contribution in [-0.4, -0.2) is 0 Å². The number of rotatable bonds is 1. The number of nitrogens with two attached hydrogens (primary N) is 1. The van der Waals surface area contributed by atoms with Gasteiger partial charge in [0.25, 0.3) is 0 Å². The predicted molar refractivity (Wildman–Crippen MR) is 64.7 cm³/mol. The maximum Gasteiger partial charge on any atom is 0.396 e. The highest BCUT2D eigenvalue weighted by atomic mass is 32.1. The molecule has 3 nitrogen and oxygen atoms in total. The number of hydrogen-bond donors (Lipinski definition) is 1. The van der Waals surface area contributed by atoms with Crippen LogP contribution in [0.3, 0.4) is 0 Å². The van der Waals surface area contributed by atoms with Crippen molar-refractivity contribution < 1.29 is 4.42 Å². The van der Waals surface area contributed by atoms with E-state index in [9.17, 15) is 4.79 Å². The van der Waals surface area contributed by atoms with Gasteiger partial charge in [0.15, 0.2) is 0 Å². The first kappa shape index (κ1) is 10.1. The molecule has 0 aliphatic heterocycles. The van der Waals surface area contributed by atoms with E-state index in [1.54, 1.807) is 0 Å². The van der Waals surface area contributed by atoms with E-state index < -0.39 is 0 Å². The summed E-state index contributed by atoms with van der Waals surface area (Å²) in [7, 11) is 0. The Bertz CT molecular complexity index is 578. The third kappa shape index (κ3) is 1.41. The molecule has 0 atom stereocenters. The lowest BCUT2D eigenvalue weighted by Crippen LogP contribution is -2.33. The second kappa shape index (κ2) is 3.43. The van der Waals surface area contributed by atoms with E-state index in [4.69, 9.17) is 10.2 Å². The molecule has 0 radical (unpaired) electrons. The standard InChI is InChI=1S/C12H13NO2S/c13-12(6-1-2-7-12)8-4-3-5-9-10(8)16-11(14)15-9/h3-5H,1-2,6-7,13H2. The molecule has 4 heteroatoms. The van der Waals surface area contributed by atoms with Crippen LogP contribution in [0, 0.1) is 0 Å². The van der Waals surface area contributed by atoms with Crippen LogP contribution in [0.15, 0.2) is 27.4 Å². The van der Waals surface area contributed by atoms with Gasteiger partial charge in [-0.1, -0.05) is 36.3 Å². The SMILES string of the molecule is NC1(c2cccc3oc(=O)sc23)CCCC1. The van der Waals surface area contributed by atoms with Gasteiger partial charge in [-0.05, 0) is 24.5 Å². The van der Waals surface area contributed by atoms with Gasteiger partial charge in [-0.25, -0.2) is 4.79 Å². The van der Waals surface area contributed by atoms with Crippen molar-refractivity contribution in [3.8, 4) is 0 Å². The fourth-order valence-corrected chi connectivity index (χ4v) is 3.45. The lowest BCUT2D eigenvalue weighted by molar-refractivity contribution is 0.466. The van der Waals surface area contributed by atoms with E-state index in [0.29, 0.717) is 5.58 Å². The van der Waals surface area contributed by atoms with Crippen LogP contribution in [0.4, 0.5) is 0 Å². The first-order valence-corrected chi connectivity index (χ1v) is 6.33. The van der Waals surface area contributed by atoms with Crippen LogP contribution in [0.5, 0.6) is 0 Å². The zero-order valence-electron chi connectivity index (χ0n) is 8.86. The maximum absolute atomic E-state index is 11.3. The molecule has 0 amide bonds. The molecule has 1 fully saturated rings. The lowest BCUT2D eigenvalue weighted by atomic mass is 9.89. The molecule has 1 aromatic heterocycles. The molecular formula is C12H13NO2S. The van der Waals surface area contributed by atoms with Crippen LogP contribution in [0.1, 0.15) is 31.2 Å². The van der Waals surface area contributed by atoms with Crippen molar-refractivity contribution in [3.05, 3.63) is 33.5 Å². The van der Waals surface area contributed by atoms with Gasteiger partial charge in [0.05, 0.1) is 4.70 Å². The smallest absolute Gasteiger partial charge is 0.396 e. The number of fused-ring (bicyclic) bond motifs is 1. The third-order valence-corrected chi connectivity index (χ3v) is 4.27. The van der Waals surface area contributed by atoms with Gasteiger partial charge in [-0.3, -0.25) is 0 Å². The Hall–Kier alpha value is -1.13. The summed E-state index contributed by atoms with van der Waals surface area (Å²) < 4.78 is 6.05. The largest absolute Gasteiger partial charge is 0.414 e. The first-order valence-electron chi connectivity index (χ1n) is 5.51. The highest BCUT2D eigenvalue weighted by Gasteiger charge is 2.33. The van der Waals surface area contributed by atoms with E-state index in [-0.39, 0.29) is 10.5 Å². The summed E-state index contributed by atoms with van der Waals surface area (Å²) >= 11 is 1.16. The van der Waals surface area contributed by atoms with Crippen LogP contribution >= 0.6 is 11.3 Å². The molecule has 1 heterocycles. The Morgan fingerprint density at radius 1 is 1.31 bits per heavy atom. The summed E-state index contributed by atoms with van der Waals surface area (Å²) in [5, 5.41) is 0. The summed E-state index contributed by atoms with van der Waals surface area (Å²) in [6, 6.07) is 5.77. The minimum atomic E-state index is -0.258. The Labute approximate surface area is 96.9 Å². The first-order chi connectivity index (χ1) is 7.69. The van der Waals surface area contributed by atoms with E-state index in [0.717, 1.165) is 34.4 Å². The monoisotopic (exact) mass is 235 g/mol. The quantitative estimate of drug-likeness (QED) is 0.826. The van der Waals surface area contributed by atoms with Crippen molar-refractivity contribution in [3.63, 3.8) is 0 Å². The average Bonchev–Trinajstić information content (AvgIpc) is 2.83. The Balaban J connectivity index is 2.26. The Morgan fingerprint density at radius 2 is 2.06 bits per heavy atom. The summed E-state index contributed by atoms with van der Waals surface area (Å²) in [5.41, 5.74) is 7.91. The van der Waals surface area contributed by atoms with Gasteiger partial charge in [0, 0.05) is 5.54 Å². The molecule has 1 aliphatic rings. The lowest BCUT2D eigenvalue weighted by Gasteiger charge is -2.24. The van der Waals surface area contributed by atoms with Crippen molar-refractivity contribution >= 4 is 21.6 Å². The molecule has 3 rings (SSSR count). The summed E-state index contributed by atoms with van der Waals surface area (Å²) in [6.45, 7) is 0. The molecular weight excluding hydrogens is 222 g/mol. The molecule has 0 saturated heterocycles. The van der Waals surface area contributed by atoms with Crippen LogP contribution in [0.25, 0.3) is 10.3 Å². The van der Waals surface area contributed by atoms with Gasteiger partial charge >= 0.3 is 4.94 Å². The molecule has 0 bridgehead atoms. The fourth-order valence-electron chi connectivity index (χ4n) is 2.56. The molecule has 0 spiro atoms. The predicted octanol–water partition coefficient (Wildman–Crippen LogP) is 2.58. The molecule has 1 aliphatic carbocycles. The topological polar surface area (TPSA) is 56.2 Å². The summed E-state index contributed by atoms with van der Waals surface area (Å²) in [6.07, 6.45) is 4.33. The van der Waals surface area contributed by atoms with Crippen molar-refractivity contribution in [2.24, 2.45) is 5.73 Å². The number of benzene rings is 1. The van der Waals surface area contributed by atoms with Gasteiger partial charge in [-0.2, -0.15) is 0 Å². The maximum atomic E-state index is 11.3. The molecule has 2 N–H and O–H groups in total. The minimum absolute atomic E-state index is 0.246. The van der Waals surface area contributed by atoms with Crippen LogP contribution < -0.4 is 10.7 Å². The van der Waals surface area contributed by atoms with E-state index in [1.807, 2.05) is 18.2 Å². The molecule has 84 valence electrons. The Morgan fingerprint density at radius 3 is 2.81 bits per heavy atom. The molecule has 16 heavy (non-hydrogen) atoms. The number of hydrogen-bond acceptors (Lipinski definition) is 4.